The van der Waals surface area contributed by atoms with Crippen molar-refractivity contribution in [3.63, 3.8) is 0 Å². The lowest BCUT2D eigenvalue weighted by Crippen LogP contribution is -2.30. The molecular weight excluding hydrogens is 412 g/mol. The Balaban J connectivity index is 2.28. The number of methoxy groups -OCH3 is 1. The zero-order valence-electron chi connectivity index (χ0n) is 18.9. The van der Waals surface area contributed by atoms with Crippen molar-refractivity contribution in [2.45, 2.75) is 40.5 Å². The summed E-state index contributed by atoms with van der Waals surface area (Å²) in [6, 6.07) is 7.97. The molecule has 1 aromatic heterocycles. The summed E-state index contributed by atoms with van der Waals surface area (Å²) in [5.74, 6) is -0.704. The van der Waals surface area contributed by atoms with E-state index in [1.165, 1.54) is 18.7 Å². The Bertz CT molecular complexity index is 970. The maximum absolute atomic E-state index is 12.8. The first kappa shape index (κ1) is 24.3. The lowest BCUT2D eigenvalue weighted by atomic mass is 10.0. The number of thiophene rings is 1. The van der Waals surface area contributed by atoms with E-state index in [9.17, 15) is 14.4 Å². The smallest absolute Gasteiger partial charge is 0.341 e. The molecule has 31 heavy (non-hydrogen) atoms. The first-order chi connectivity index (χ1) is 14.7. The molecule has 1 N–H and O–H groups in total. The standard InChI is InChI=1S/C24H30N2O4S/c1-7-26(8-2)23(28)21-16(5)20(24(29)30-6)22(31-21)25-19(27)14-11-17-9-12-18(13-10-17)15(3)4/h9-15H,7-8H2,1-6H3,(H,25,27). The lowest BCUT2D eigenvalue weighted by Gasteiger charge is -2.17. The number of ether oxygens (including phenoxy) is 1. The number of nitrogens with one attached hydrogen (secondary N) is 1. The molecule has 0 unspecified atom stereocenters. The van der Waals surface area contributed by atoms with Gasteiger partial charge in [-0.3, -0.25) is 9.59 Å². The molecule has 0 bridgehead atoms. The summed E-state index contributed by atoms with van der Waals surface area (Å²) in [4.78, 5) is 39.8. The molecule has 0 saturated carbocycles. The number of hydrogen-bond acceptors (Lipinski definition) is 5. The van der Waals surface area contributed by atoms with E-state index in [0.717, 1.165) is 16.9 Å². The van der Waals surface area contributed by atoms with Crippen LogP contribution in [0.3, 0.4) is 0 Å². The number of nitrogens with zero attached hydrogens (tertiary/aromatic N) is 1. The van der Waals surface area contributed by atoms with E-state index < -0.39 is 5.97 Å². The molecule has 0 radical (unpaired) electrons. The zero-order valence-corrected chi connectivity index (χ0v) is 19.8. The van der Waals surface area contributed by atoms with Crippen molar-refractivity contribution in [3.05, 3.63) is 57.5 Å². The molecule has 0 aliphatic rings. The highest BCUT2D eigenvalue weighted by Gasteiger charge is 2.27. The van der Waals surface area contributed by atoms with Crippen molar-refractivity contribution in [2.24, 2.45) is 0 Å². The Hall–Kier alpha value is -2.93. The van der Waals surface area contributed by atoms with E-state index >= 15 is 0 Å². The molecule has 0 aliphatic heterocycles. The second-order valence-electron chi connectivity index (χ2n) is 7.37. The number of esters is 1. The van der Waals surface area contributed by atoms with Crippen LogP contribution in [0.5, 0.6) is 0 Å². The Morgan fingerprint density at radius 1 is 1.13 bits per heavy atom. The molecule has 166 valence electrons. The predicted molar refractivity (Wildman–Crippen MR) is 126 cm³/mol. The zero-order chi connectivity index (χ0) is 23.1. The lowest BCUT2D eigenvalue weighted by molar-refractivity contribution is -0.111. The van der Waals surface area contributed by atoms with Gasteiger partial charge in [0.25, 0.3) is 5.91 Å². The van der Waals surface area contributed by atoms with Crippen LogP contribution in [-0.4, -0.2) is 42.9 Å². The van der Waals surface area contributed by atoms with Crippen molar-refractivity contribution in [1.29, 1.82) is 0 Å². The van der Waals surface area contributed by atoms with Crippen LogP contribution in [0.1, 0.15) is 70.3 Å². The fraction of sp³-hybridized carbons (Fsp3) is 0.375. The number of anilines is 1. The number of rotatable bonds is 8. The minimum absolute atomic E-state index is 0.168. The second-order valence-corrected chi connectivity index (χ2v) is 8.39. The van der Waals surface area contributed by atoms with Crippen LogP contribution < -0.4 is 5.32 Å². The summed E-state index contributed by atoms with van der Waals surface area (Å²) in [6.07, 6.45) is 3.12. The van der Waals surface area contributed by atoms with Gasteiger partial charge in [0.15, 0.2) is 0 Å². The molecule has 6 nitrogen and oxygen atoms in total. The summed E-state index contributed by atoms with van der Waals surface area (Å²) in [5, 5.41) is 3.05. The van der Waals surface area contributed by atoms with E-state index in [-0.39, 0.29) is 17.4 Å². The fourth-order valence-corrected chi connectivity index (χ4v) is 4.29. The number of hydrogen-bond donors (Lipinski definition) is 1. The maximum atomic E-state index is 12.8. The molecule has 7 heteroatoms. The number of carbonyl (C=O) groups is 3. The van der Waals surface area contributed by atoms with Crippen LogP contribution in [0, 0.1) is 6.92 Å². The molecule has 2 rings (SSSR count). The normalized spacial score (nSPS) is 11.1. The van der Waals surface area contributed by atoms with Crippen molar-refractivity contribution < 1.29 is 19.1 Å². The molecule has 0 spiro atoms. The predicted octanol–water partition coefficient (Wildman–Crippen LogP) is 5.10. The molecule has 0 fully saturated rings. The molecule has 1 heterocycles. The third kappa shape index (κ3) is 5.82. The molecule has 0 atom stereocenters. The third-order valence-corrected chi connectivity index (χ3v) is 6.24. The summed E-state index contributed by atoms with van der Waals surface area (Å²) in [5.41, 5.74) is 2.85. The molecule has 2 amide bonds. The first-order valence-corrected chi connectivity index (χ1v) is 11.1. The van der Waals surface area contributed by atoms with Crippen LogP contribution in [0.4, 0.5) is 5.00 Å². The van der Waals surface area contributed by atoms with Gasteiger partial charge in [-0.25, -0.2) is 4.79 Å². The average molecular weight is 443 g/mol. The summed E-state index contributed by atoms with van der Waals surface area (Å²) >= 11 is 1.09. The van der Waals surface area contributed by atoms with E-state index in [1.807, 2.05) is 38.1 Å². The van der Waals surface area contributed by atoms with Crippen molar-refractivity contribution in [2.75, 3.05) is 25.5 Å². The topological polar surface area (TPSA) is 75.7 Å². The van der Waals surface area contributed by atoms with Crippen molar-refractivity contribution in [3.8, 4) is 0 Å². The molecule has 0 aliphatic carbocycles. The monoisotopic (exact) mass is 442 g/mol. The van der Waals surface area contributed by atoms with E-state index in [1.54, 1.807) is 17.9 Å². The van der Waals surface area contributed by atoms with Crippen LogP contribution >= 0.6 is 11.3 Å². The molecule has 2 aromatic rings. The van der Waals surface area contributed by atoms with Gasteiger partial charge in [-0.1, -0.05) is 38.1 Å². The van der Waals surface area contributed by atoms with Gasteiger partial charge in [-0.2, -0.15) is 0 Å². The van der Waals surface area contributed by atoms with E-state index in [2.05, 4.69) is 19.2 Å². The first-order valence-electron chi connectivity index (χ1n) is 10.3. The minimum Gasteiger partial charge on any atom is -0.465 e. The van der Waals surface area contributed by atoms with Gasteiger partial charge in [0.1, 0.15) is 5.00 Å². The fourth-order valence-electron chi connectivity index (χ4n) is 3.13. The molecule has 0 saturated heterocycles. The summed E-state index contributed by atoms with van der Waals surface area (Å²) in [6.45, 7) is 10.8. The van der Waals surface area contributed by atoms with Crippen molar-refractivity contribution >= 4 is 40.2 Å². The number of carbonyl (C=O) groups excluding carboxylic acids is 3. The summed E-state index contributed by atoms with van der Waals surface area (Å²) < 4.78 is 4.88. The van der Waals surface area contributed by atoms with Crippen LogP contribution in [0.15, 0.2) is 30.3 Å². The Labute approximate surface area is 187 Å². The molecular formula is C24H30N2O4S. The highest BCUT2D eigenvalue weighted by Crippen LogP contribution is 2.34. The second kappa shape index (κ2) is 10.9. The third-order valence-electron chi connectivity index (χ3n) is 5.05. The van der Waals surface area contributed by atoms with Gasteiger partial charge in [0, 0.05) is 19.2 Å². The number of benzene rings is 1. The highest BCUT2D eigenvalue weighted by molar-refractivity contribution is 7.18. The van der Waals surface area contributed by atoms with Gasteiger partial charge in [0.05, 0.1) is 17.6 Å². The quantitative estimate of drug-likeness (QED) is 0.456. The van der Waals surface area contributed by atoms with E-state index in [4.69, 9.17) is 4.74 Å². The largest absolute Gasteiger partial charge is 0.465 e. The van der Waals surface area contributed by atoms with Crippen LogP contribution in [0.2, 0.25) is 0 Å². The van der Waals surface area contributed by atoms with Gasteiger partial charge >= 0.3 is 5.97 Å². The van der Waals surface area contributed by atoms with Crippen LogP contribution in [-0.2, 0) is 9.53 Å². The summed E-state index contributed by atoms with van der Waals surface area (Å²) in [7, 11) is 1.28. The van der Waals surface area contributed by atoms with Crippen LogP contribution in [0.25, 0.3) is 6.08 Å². The van der Waals surface area contributed by atoms with Gasteiger partial charge in [-0.05, 0) is 49.5 Å². The van der Waals surface area contributed by atoms with Gasteiger partial charge in [0.2, 0.25) is 5.91 Å². The minimum atomic E-state index is -0.587. The highest BCUT2D eigenvalue weighted by atomic mass is 32.1. The Kier molecular flexibility index (Phi) is 8.56. The maximum Gasteiger partial charge on any atom is 0.341 e. The van der Waals surface area contributed by atoms with Crippen molar-refractivity contribution in [1.82, 2.24) is 4.90 Å². The SMILES string of the molecule is CCN(CC)C(=O)c1sc(NC(=O)C=Cc2ccc(C(C)C)cc2)c(C(=O)OC)c1C. The Morgan fingerprint density at radius 2 is 1.74 bits per heavy atom. The van der Waals surface area contributed by atoms with E-state index in [0.29, 0.717) is 34.4 Å². The number of amides is 2. The average Bonchev–Trinajstić information content (AvgIpc) is 3.08. The van der Waals surface area contributed by atoms with Gasteiger partial charge in [-0.15, -0.1) is 11.3 Å². The molecule has 1 aromatic carbocycles. The van der Waals surface area contributed by atoms with Gasteiger partial charge < -0.3 is 15.0 Å². The Morgan fingerprint density at radius 3 is 2.26 bits per heavy atom.